The number of benzene rings is 1. The quantitative estimate of drug-likeness (QED) is 0.633. The summed E-state index contributed by atoms with van der Waals surface area (Å²) in [5, 5.41) is 23.0. The van der Waals surface area contributed by atoms with Crippen LogP contribution in [0.4, 0.5) is 10.5 Å². The molecule has 1 aromatic carbocycles. The van der Waals surface area contributed by atoms with Crippen LogP contribution in [0.15, 0.2) is 24.3 Å². The van der Waals surface area contributed by atoms with Crippen molar-refractivity contribution >= 4 is 23.3 Å². The first-order chi connectivity index (χ1) is 7.61. The molecule has 0 spiro atoms. The zero-order valence-corrected chi connectivity index (χ0v) is 9.24. The molecule has 1 atom stereocenters. The molecule has 16 heavy (non-hydrogen) atoms. The van der Waals surface area contributed by atoms with Crippen molar-refractivity contribution in [2.45, 2.75) is 6.10 Å². The van der Waals surface area contributed by atoms with E-state index in [-0.39, 0.29) is 6.54 Å². The first kappa shape index (κ1) is 12.8. The number of carbonyl (C=O) groups excluding carboxylic acids is 1. The number of nitrogens with one attached hydrogen (secondary N) is 2. The maximum atomic E-state index is 11.3. The number of hydrogen-bond acceptors (Lipinski definition) is 3. The summed E-state index contributed by atoms with van der Waals surface area (Å²) in [6.45, 7) is -0.402. The fourth-order valence-corrected chi connectivity index (χ4v) is 1.21. The van der Waals surface area contributed by atoms with Gasteiger partial charge in [-0.2, -0.15) is 0 Å². The number of aliphatic hydroxyl groups excluding tert-OH is 2. The van der Waals surface area contributed by atoms with Crippen molar-refractivity contribution in [1.82, 2.24) is 5.32 Å². The van der Waals surface area contributed by atoms with Gasteiger partial charge in [-0.25, -0.2) is 4.79 Å². The summed E-state index contributed by atoms with van der Waals surface area (Å²) >= 11 is 5.73. The van der Waals surface area contributed by atoms with Crippen LogP contribution in [0, 0.1) is 0 Å². The lowest BCUT2D eigenvalue weighted by atomic mass is 10.3. The predicted molar refractivity (Wildman–Crippen MR) is 61.6 cm³/mol. The third-order valence-electron chi connectivity index (χ3n) is 1.79. The molecule has 0 radical (unpaired) electrons. The molecule has 0 saturated carbocycles. The van der Waals surface area contributed by atoms with Gasteiger partial charge in [0.25, 0.3) is 0 Å². The van der Waals surface area contributed by atoms with Gasteiger partial charge in [-0.1, -0.05) is 17.7 Å². The van der Waals surface area contributed by atoms with E-state index in [0.717, 1.165) is 0 Å². The molecule has 4 N–H and O–H groups in total. The molecule has 0 saturated heterocycles. The summed E-state index contributed by atoms with van der Waals surface area (Å²) in [4.78, 5) is 11.3. The number of amides is 2. The minimum atomic E-state index is -0.954. The summed E-state index contributed by atoms with van der Waals surface area (Å²) in [5.41, 5.74) is 0.559. The lowest BCUT2D eigenvalue weighted by Crippen LogP contribution is -2.36. The minimum Gasteiger partial charge on any atom is -0.394 e. The highest BCUT2D eigenvalue weighted by atomic mass is 35.5. The first-order valence-corrected chi connectivity index (χ1v) is 5.09. The van der Waals surface area contributed by atoms with Crippen molar-refractivity contribution < 1.29 is 15.0 Å². The lowest BCUT2D eigenvalue weighted by molar-refractivity contribution is 0.0965. The number of halogens is 1. The van der Waals surface area contributed by atoms with Crippen LogP contribution in [0.3, 0.4) is 0 Å². The van der Waals surface area contributed by atoms with E-state index in [9.17, 15) is 4.79 Å². The van der Waals surface area contributed by atoms with Crippen LogP contribution in [0.5, 0.6) is 0 Å². The molecule has 1 rings (SSSR count). The Labute approximate surface area is 98.0 Å². The smallest absolute Gasteiger partial charge is 0.319 e. The van der Waals surface area contributed by atoms with Gasteiger partial charge in [0, 0.05) is 17.3 Å². The van der Waals surface area contributed by atoms with Crippen molar-refractivity contribution in [3.63, 3.8) is 0 Å². The molecule has 2 amide bonds. The second-order valence-corrected chi connectivity index (χ2v) is 3.62. The Kier molecular flexibility index (Phi) is 5.04. The SMILES string of the molecule is O=C(NC[C@@H](O)CO)Nc1cccc(Cl)c1. The summed E-state index contributed by atoms with van der Waals surface area (Å²) < 4.78 is 0. The van der Waals surface area contributed by atoms with E-state index in [1.807, 2.05) is 0 Å². The average molecular weight is 245 g/mol. The van der Waals surface area contributed by atoms with Crippen molar-refractivity contribution in [1.29, 1.82) is 0 Å². The maximum absolute atomic E-state index is 11.3. The van der Waals surface area contributed by atoms with Gasteiger partial charge >= 0.3 is 6.03 Å². The Hall–Kier alpha value is -1.30. The third-order valence-corrected chi connectivity index (χ3v) is 2.03. The Morgan fingerprint density at radius 3 is 2.88 bits per heavy atom. The van der Waals surface area contributed by atoms with Crippen LogP contribution in [0.1, 0.15) is 0 Å². The molecule has 0 aliphatic carbocycles. The van der Waals surface area contributed by atoms with Crippen molar-refractivity contribution in [3.05, 3.63) is 29.3 Å². The Morgan fingerprint density at radius 2 is 2.25 bits per heavy atom. The van der Waals surface area contributed by atoms with Crippen LogP contribution in [-0.4, -0.2) is 35.5 Å². The van der Waals surface area contributed by atoms with E-state index in [4.69, 9.17) is 21.8 Å². The average Bonchev–Trinajstić information content (AvgIpc) is 2.26. The summed E-state index contributed by atoms with van der Waals surface area (Å²) in [5.74, 6) is 0. The fraction of sp³-hybridized carbons (Fsp3) is 0.300. The fourth-order valence-electron chi connectivity index (χ4n) is 1.02. The summed E-state index contributed by atoms with van der Waals surface area (Å²) in [6, 6.07) is 6.23. The maximum Gasteiger partial charge on any atom is 0.319 e. The van der Waals surface area contributed by atoms with E-state index in [0.29, 0.717) is 10.7 Å². The number of anilines is 1. The second kappa shape index (κ2) is 6.32. The number of urea groups is 1. The molecule has 1 aromatic rings. The minimum absolute atomic E-state index is 0.0110. The molecule has 0 fully saturated rings. The molecule has 88 valence electrons. The van der Waals surface area contributed by atoms with Crippen LogP contribution in [0.2, 0.25) is 5.02 Å². The zero-order chi connectivity index (χ0) is 12.0. The van der Waals surface area contributed by atoms with Crippen molar-refractivity contribution in [2.75, 3.05) is 18.5 Å². The van der Waals surface area contributed by atoms with E-state index in [1.165, 1.54) is 0 Å². The van der Waals surface area contributed by atoms with Gasteiger partial charge in [-0.3, -0.25) is 0 Å². The molecule has 0 aromatic heterocycles. The van der Waals surface area contributed by atoms with Gasteiger partial charge < -0.3 is 20.8 Å². The Balaban J connectivity index is 2.40. The van der Waals surface area contributed by atoms with Gasteiger partial charge in [0.2, 0.25) is 0 Å². The van der Waals surface area contributed by atoms with E-state index in [1.54, 1.807) is 24.3 Å². The van der Waals surface area contributed by atoms with Crippen LogP contribution in [-0.2, 0) is 0 Å². The highest BCUT2D eigenvalue weighted by molar-refractivity contribution is 6.30. The topological polar surface area (TPSA) is 81.6 Å². The standard InChI is InChI=1S/C10H13ClN2O3/c11-7-2-1-3-8(4-7)13-10(16)12-5-9(15)6-14/h1-4,9,14-15H,5-6H2,(H2,12,13,16)/t9-/m1/s1. The number of aliphatic hydroxyl groups is 2. The van der Waals surface area contributed by atoms with E-state index < -0.39 is 18.7 Å². The molecular weight excluding hydrogens is 232 g/mol. The number of carbonyl (C=O) groups is 1. The molecule has 6 heteroatoms. The van der Waals surface area contributed by atoms with E-state index in [2.05, 4.69) is 10.6 Å². The number of rotatable bonds is 4. The second-order valence-electron chi connectivity index (χ2n) is 3.18. The highest BCUT2D eigenvalue weighted by Gasteiger charge is 2.05. The van der Waals surface area contributed by atoms with Crippen LogP contribution in [0.25, 0.3) is 0 Å². The van der Waals surface area contributed by atoms with E-state index >= 15 is 0 Å². The van der Waals surface area contributed by atoms with Gasteiger partial charge in [0.05, 0.1) is 12.7 Å². The largest absolute Gasteiger partial charge is 0.394 e. The third kappa shape index (κ3) is 4.48. The summed E-state index contributed by atoms with van der Waals surface area (Å²) in [6.07, 6.45) is -0.954. The van der Waals surface area contributed by atoms with Crippen molar-refractivity contribution in [2.24, 2.45) is 0 Å². The van der Waals surface area contributed by atoms with Gasteiger partial charge in [-0.15, -0.1) is 0 Å². The van der Waals surface area contributed by atoms with Gasteiger partial charge in [0.1, 0.15) is 0 Å². The lowest BCUT2D eigenvalue weighted by Gasteiger charge is -2.10. The van der Waals surface area contributed by atoms with Gasteiger partial charge in [-0.05, 0) is 18.2 Å². The Morgan fingerprint density at radius 1 is 1.50 bits per heavy atom. The molecule has 0 heterocycles. The predicted octanol–water partition coefficient (Wildman–Crippen LogP) is 0.815. The van der Waals surface area contributed by atoms with Crippen LogP contribution >= 0.6 is 11.6 Å². The highest BCUT2D eigenvalue weighted by Crippen LogP contribution is 2.14. The molecule has 0 aliphatic heterocycles. The first-order valence-electron chi connectivity index (χ1n) is 4.71. The normalized spacial score (nSPS) is 11.9. The molecule has 0 unspecified atom stereocenters. The molecular formula is C10H13ClN2O3. The van der Waals surface area contributed by atoms with Crippen molar-refractivity contribution in [3.8, 4) is 0 Å². The van der Waals surface area contributed by atoms with Gasteiger partial charge in [0.15, 0.2) is 0 Å². The van der Waals surface area contributed by atoms with Crippen LogP contribution < -0.4 is 10.6 Å². The Bertz CT molecular complexity index is 360. The summed E-state index contributed by atoms with van der Waals surface area (Å²) in [7, 11) is 0. The molecule has 5 nitrogen and oxygen atoms in total. The zero-order valence-electron chi connectivity index (χ0n) is 8.48. The monoisotopic (exact) mass is 244 g/mol. The molecule has 0 aliphatic rings. The number of hydrogen-bond donors (Lipinski definition) is 4. The molecule has 0 bridgehead atoms.